The number of hydrogen-bond acceptors (Lipinski definition) is 5. The first-order valence-electron chi connectivity index (χ1n) is 10.4. The molecule has 0 heterocycles. The number of aliphatic carboxylic acids is 1. The zero-order valence-electron chi connectivity index (χ0n) is 18.4. The first-order valence-corrected chi connectivity index (χ1v) is 10.8. The number of hydrogen-bond donors (Lipinski definition) is 0. The van der Waals surface area contributed by atoms with E-state index >= 15 is 0 Å². The van der Waals surface area contributed by atoms with Gasteiger partial charge in [0.1, 0.15) is 17.2 Å². The van der Waals surface area contributed by atoms with Crippen molar-refractivity contribution in [1.29, 1.82) is 5.26 Å². The van der Waals surface area contributed by atoms with E-state index in [4.69, 9.17) is 16.3 Å². The number of carboxylic acids is 1. The maximum absolute atomic E-state index is 12.7. The summed E-state index contributed by atoms with van der Waals surface area (Å²) in [5.41, 5.74) is -1.33. The molecule has 0 aliphatic carbocycles. The Labute approximate surface area is 201 Å². The van der Waals surface area contributed by atoms with Crippen LogP contribution in [0.3, 0.4) is 0 Å². The van der Waals surface area contributed by atoms with Gasteiger partial charge in [0, 0.05) is 0 Å². The summed E-state index contributed by atoms with van der Waals surface area (Å²) in [6.45, 7) is 0.183. The first kappa shape index (κ1) is 25.0. The summed E-state index contributed by atoms with van der Waals surface area (Å²) in [4.78, 5) is 12.7. The second kappa shape index (κ2) is 10.5. The molecule has 0 saturated carbocycles. The highest BCUT2D eigenvalue weighted by atomic mass is 35.5. The van der Waals surface area contributed by atoms with Crippen LogP contribution in [-0.4, -0.2) is 12.6 Å². The standard InChI is InChI=1S/C26H22ClF2NO4/c1-16(2)26(24(31)32,18-11-12-23(22(27)14-18)34-25(28)29)21(15-30)17-7-6-10-20(13-17)33-19-8-4-3-5-9-19/h3-14,16,21,25H,1-2H3,(H,31,32)/p-1. The molecule has 2 unspecified atom stereocenters. The van der Waals surface area contributed by atoms with Gasteiger partial charge in [-0.15, -0.1) is 0 Å². The minimum absolute atomic E-state index is 0.134. The fraction of sp³-hybridized carbons (Fsp3) is 0.231. The molecule has 3 rings (SSSR count). The van der Waals surface area contributed by atoms with E-state index in [0.717, 1.165) is 6.07 Å². The number of ether oxygens (including phenoxy) is 2. The lowest BCUT2D eigenvalue weighted by molar-refractivity contribution is -0.316. The van der Waals surface area contributed by atoms with E-state index in [0.29, 0.717) is 17.1 Å². The van der Waals surface area contributed by atoms with Gasteiger partial charge in [-0.1, -0.05) is 61.8 Å². The Balaban J connectivity index is 2.12. The van der Waals surface area contributed by atoms with Crippen LogP contribution in [0.15, 0.2) is 72.8 Å². The van der Waals surface area contributed by atoms with Crippen molar-refractivity contribution in [2.45, 2.75) is 31.8 Å². The minimum Gasteiger partial charge on any atom is -0.549 e. The zero-order valence-corrected chi connectivity index (χ0v) is 19.1. The third-order valence-electron chi connectivity index (χ3n) is 5.63. The van der Waals surface area contributed by atoms with Crippen LogP contribution in [0.4, 0.5) is 8.78 Å². The van der Waals surface area contributed by atoms with Gasteiger partial charge in [-0.2, -0.15) is 14.0 Å². The number of nitrogens with zero attached hydrogens (tertiary/aromatic N) is 1. The normalized spacial score (nSPS) is 13.7. The average molecular weight is 485 g/mol. The van der Waals surface area contributed by atoms with E-state index < -0.39 is 29.8 Å². The molecule has 176 valence electrons. The Bertz CT molecular complexity index is 1200. The number of carbonyl (C=O) groups is 1. The Morgan fingerprint density at radius 1 is 1.03 bits per heavy atom. The lowest BCUT2D eigenvalue weighted by atomic mass is 9.62. The molecule has 0 aliphatic heterocycles. The van der Waals surface area contributed by atoms with Crippen molar-refractivity contribution < 1.29 is 28.2 Å². The fourth-order valence-electron chi connectivity index (χ4n) is 4.08. The van der Waals surface area contributed by atoms with Crippen LogP contribution in [0.5, 0.6) is 17.2 Å². The SMILES string of the molecule is CC(C)C(C(=O)[O-])(c1ccc(OC(F)F)c(Cl)c1)C(C#N)c1cccc(Oc2ccccc2)c1. The monoisotopic (exact) mass is 484 g/mol. The van der Waals surface area contributed by atoms with Crippen molar-refractivity contribution >= 4 is 17.6 Å². The number of rotatable bonds is 9. The zero-order chi connectivity index (χ0) is 24.9. The number of alkyl halides is 2. The number of halogens is 3. The number of carbonyl (C=O) groups excluding carboxylic acids is 1. The van der Waals surface area contributed by atoms with Crippen LogP contribution >= 0.6 is 11.6 Å². The predicted octanol–water partition coefficient (Wildman–Crippen LogP) is 5.68. The molecule has 0 bridgehead atoms. The van der Waals surface area contributed by atoms with Crippen LogP contribution in [0.25, 0.3) is 0 Å². The third-order valence-corrected chi connectivity index (χ3v) is 5.92. The van der Waals surface area contributed by atoms with Crippen molar-refractivity contribution in [3.05, 3.63) is 88.9 Å². The molecule has 0 radical (unpaired) electrons. The largest absolute Gasteiger partial charge is 0.549 e. The fourth-order valence-corrected chi connectivity index (χ4v) is 4.30. The quantitative estimate of drug-likeness (QED) is 0.390. The molecular weight excluding hydrogens is 464 g/mol. The van der Waals surface area contributed by atoms with E-state index in [-0.39, 0.29) is 16.3 Å². The lowest BCUT2D eigenvalue weighted by Gasteiger charge is -2.43. The highest BCUT2D eigenvalue weighted by Gasteiger charge is 2.46. The maximum Gasteiger partial charge on any atom is 0.387 e. The Kier molecular flexibility index (Phi) is 7.75. The molecule has 0 spiro atoms. The molecule has 2 atom stereocenters. The Hall–Kier alpha value is -3.63. The van der Waals surface area contributed by atoms with Crippen LogP contribution in [-0.2, 0) is 10.2 Å². The molecule has 0 N–H and O–H groups in total. The van der Waals surface area contributed by atoms with Gasteiger partial charge in [-0.3, -0.25) is 0 Å². The Morgan fingerprint density at radius 2 is 1.71 bits per heavy atom. The van der Waals surface area contributed by atoms with Crippen molar-refractivity contribution in [1.82, 2.24) is 0 Å². The molecule has 0 aliphatic rings. The van der Waals surface area contributed by atoms with Crippen LogP contribution in [0.1, 0.15) is 30.9 Å². The van der Waals surface area contributed by atoms with Crippen molar-refractivity contribution in [2.75, 3.05) is 0 Å². The molecule has 0 amide bonds. The van der Waals surface area contributed by atoms with Gasteiger partial charge in [-0.05, 0) is 53.4 Å². The first-order chi connectivity index (χ1) is 16.2. The van der Waals surface area contributed by atoms with E-state index in [1.807, 2.05) is 18.2 Å². The summed E-state index contributed by atoms with van der Waals surface area (Å²) in [5, 5.41) is 22.7. The van der Waals surface area contributed by atoms with Gasteiger partial charge in [-0.25, -0.2) is 0 Å². The molecule has 34 heavy (non-hydrogen) atoms. The summed E-state index contributed by atoms with van der Waals surface area (Å²) >= 11 is 6.12. The molecule has 5 nitrogen and oxygen atoms in total. The van der Waals surface area contributed by atoms with E-state index in [2.05, 4.69) is 10.8 Å². The second-order valence-electron chi connectivity index (χ2n) is 7.88. The van der Waals surface area contributed by atoms with Crippen LogP contribution in [0.2, 0.25) is 5.02 Å². The van der Waals surface area contributed by atoms with E-state index in [1.54, 1.807) is 50.2 Å². The summed E-state index contributed by atoms with van der Waals surface area (Å²) in [6, 6.07) is 21.4. The number of benzene rings is 3. The molecule has 8 heteroatoms. The van der Waals surface area contributed by atoms with Crippen molar-refractivity contribution in [3.8, 4) is 23.3 Å². The maximum atomic E-state index is 12.7. The van der Waals surface area contributed by atoms with Crippen LogP contribution < -0.4 is 14.6 Å². The van der Waals surface area contributed by atoms with E-state index in [9.17, 15) is 23.9 Å². The average Bonchev–Trinajstić information content (AvgIpc) is 2.79. The molecular formula is C26H21ClF2NO4-. The molecule has 0 aromatic heterocycles. The van der Waals surface area contributed by atoms with E-state index in [1.165, 1.54) is 12.1 Å². The minimum atomic E-state index is -3.10. The highest BCUT2D eigenvalue weighted by Crippen LogP contribution is 2.47. The number of para-hydroxylation sites is 1. The van der Waals surface area contributed by atoms with Gasteiger partial charge in [0.05, 0.1) is 28.4 Å². The smallest absolute Gasteiger partial charge is 0.387 e. The summed E-state index contributed by atoms with van der Waals surface area (Å²) in [6.07, 6.45) is 0. The Morgan fingerprint density at radius 3 is 2.26 bits per heavy atom. The second-order valence-corrected chi connectivity index (χ2v) is 8.29. The molecule has 0 saturated heterocycles. The highest BCUT2D eigenvalue weighted by molar-refractivity contribution is 6.32. The van der Waals surface area contributed by atoms with Gasteiger partial charge >= 0.3 is 6.61 Å². The predicted molar refractivity (Wildman–Crippen MR) is 121 cm³/mol. The summed E-state index contributed by atoms with van der Waals surface area (Å²) in [5.74, 6) is -2.66. The van der Waals surface area contributed by atoms with Gasteiger partial charge in [0.25, 0.3) is 0 Å². The summed E-state index contributed by atoms with van der Waals surface area (Å²) < 4.78 is 35.5. The van der Waals surface area contributed by atoms with Gasteiger partial charge in [0.2, 0.25) is 0 Å². The van der Waals surface area contributed by atoms with Crippen molar-refractivity contribution in [3.63, 3.8) is 0 Å². The van der Waals surface area contributed by atoms with Gasteiger partial charge < -0.3 is 19.4 Å². The molecule has 3 aromatic rings. The number of nitriles is 1. The topological polar surface area (TPSA) is 82.4 Å². The van der Waals surface area contributed by atoms with Gasteiger partial charge in [0.15, 0.2) is 0 Å². The molecule has 0 fully saturated rings. The molecule has 3 aromatic carbocycles. The summed E-state index contributed by atoms with van der Waals surface area (Å²) in [7, 11) is 0. The lowest BCUT2D eigenvalue weighted by Crippen LogP contribution is -2.53. The van der Waals surface area contributed by atoms with Crippen LogP contribution in [0, 0.1) is 17.2 Å². The third kappa shape index (κ3) is 4.97. The number of carboxylic acid groups (broad SMARTS) is 1. The van der Waals surface area contributed by atoms with Crippen molar-refractivity contribution in [2.24, 2.45) is 5.92 Å².